The van der Waals surface area contributed by atoms with Gasteiger partial charge in [0.1, 0.15) is 5.82 Å². The van der Waals surface area contributed by atoms with Crippen molar-refractivity contribution in [3.63, 3.8) is 0 Å². The van der Waals surface area contributed by atoms with Crippen molar-refractivity contribution < 1.29 is 9.15 Å². The molecule has 24 heavy (non-hydrogen) atoms. The Morgan fingerprint density at radius 2 is 2.04 bits per heavy atom. The number of hydrogen-bond donors (Lipinski definition) is 0. The lowest BCUT2D eigenvalue weighted by Crippen LogP contribution is -2.38. The van der Waals surface area contributed by atoms with Crippen LogP contribution in [0.4, 0.5) is 5.13 Å². The Bertz CT molecular complexity index is 680. The van der Waals surface area contributed by atoms with Gasteiger partial charge < -0.3 is 14.1 Å². The van der Waals surface area contributed by atoms with Gasteiger partial charge in [-0.3, -0.25) is 0 Å². The van der Waals surface area contributed by atoms with Crippen LogP contribution in [0.25, 0.3) is 0 Å². The fourth-order valence-electron chi connectivity index (χ4n) is 3.29. The number of anilines is 1. The van der Waals surface area contributed by atoms with Gasteiger partial charge in [-0.15, -0.1) is 10.2 Å². The second-order valence-electron chi connectivity index (χ2n) is 6.86. The minimum Gasteiger partial charge on any atom is -0.422 e. The first kappa shape index (κ1) is 16.0. The molecule has 0 amide bonds. The van der Waals surface area contributed by atoms with Crippen LogP contribution in [0.1, 0.15) is 75.1 Å². The van der Waals surface area contributed by atoms with Crippen LogP contribution >= 0.6 is 11.5 Å². The van der Waals surface area contributed by atoms with E-state index in [2.05, 4.69) is 19.5 Å². The molecule has 7 nitrogen and oxygen atoms in total. The number of hydrogen-bond acceptors (Lipinski definition) is 8. The maximum absolute atomic E-state index is 5.83. The summed E-state index contributed by atoms with van der Waals surface area (Å²) in [5, 5.41) is 9.24. The van der Waals surface area contributed by atoms with Gasteiger partial charge in [0.15, 0.2) is 6.10 Å². The van der Waals surface area contributed by atoms with Crippen LogP contribution in [0.5, 0.6) is 0 Å². The van der Waals surface area contributed by atoms with E-state index >= 15 is 0 Å². The summed E-state index contributed by atoms with van der Waals surface area (Å²) in [6.07, 6.45) is 4.85. The van der Waals surface area contributed by atoms with Crippen LogP contribution in [0, 0.1) is 0 Å². The Kier molecular flexibility index (Phi) is 4.49. The molecule has 2 aliphatic rings. The van der Waals surface area contributed by atoms with Crippen LogP contribution in [0.15, 0.2) is 4.42 Å². The maximum atomic E-state index is 5.83. The van der Waals surface area contributed by atoms with Gasteiger partial charge in [-0.2, -0.15) is 4.37 Å². The first-order valence-electron chi connectivity index (χ1n) is 8.74. The van der Waals surface area contributed by atoms with Crippen LogP contribution in [0.3, 0.4) is 0 Å². The molecule has 1 atom stereocenters. The van der Waals surface area contributed by atoms with E-state index in [-0.39, 0.29) is 12.0 Å². The molecule has 0 radical (unpaired) electrons. The van der Waals surface area contributed by atoms with Gasteiger partial charge in [0.2, 0.25) is 16.9 Å². The van der Waals surface area contributed by atoms with Gasteiger partial charge in [0, 0.05) is 29.9 Å². The third kappa shape index (κ3) is 3.17. The summed E-state index contributed by atoms with van der Waals surface area (Å²) in [7, 11) is 0. The van der Waals surface area contributed by atoms with Crippen molar-refractivity contribution in [3.8, 4) is 0 Å². The van der Waals surface area contributed by atoms with E-state index in [9.17, 15) is 0 Å². The predicted octanol–water partition coefficient (Wildman–Crippen LogP) is 3.28. The van der Waals surface area contributed by atoms with Crippen molar-refractivity contribution in [1.82, 2.24) is 19.6 Å². The standard InChI is InChI=1S/C16H23N5O2S/c1-10(2)14-18-19-15(23-14)12-9-21(7-8-22-12)16-17-13(20-24-16)11-5-3-4-6-11/h10-12H,3-9H2,1-2H3. The molecule has 2 aromatic rings. The third-order valence-corrected chi connectivity index (χ3v) is 5.51. The van der Waals surface area contributed by atoms with E-state index in [0.717, 1.165) is 17.5 Å². The summed E-state index contributed by atoms with van der Waals surface area (Å²) < 4.78 is 16.2. The van der Waals surface area contributed by atoms with Crippen molar-refractivity contribution in [2.45, 2.75) is 57.5 Å². The largest absolute Gasteiger partial charge is 0.422 e. The van der Waals surface area contributed by atoms with E-state index in [1.54, 1.807) is 0 Å². The van der Waals surface area contributed by atoms with Crippen molar-refractivity contribution in [2.75, 3.05) is 24.6 Å². The minimum atomic E-state index is -0.197. The quantitative estimate of drug-likeness (QED) is 0.838. The molecular weight excluding hydrogens is 326 g/mol. The fourth-order valence-corrected chi connectivity index (χ4v) is 4.07. The molecule has 1 aliphatic carbocycles. The fraction of sp³-hybridized carbons (Fsp3) is 0.750. The number of aromatic nitrogens is 4. The molecule has 130 valence electrons. The summed E-state index contributed by atoms with van der Waals surface area (Å²) in [5.74, 6) is 3.02. The van der Waals surface area contributed by atoms with Crippen molar-refractivity contribution in [1.29, 1.82) is 0 Å². The molecule has 0 spiro atoms. The number of morpholine rings is 1. The summed E-state index contributed by atoms with van der Waals surface area (Å²) >= 11 is 1.49. The lowest BCUT2D eigenvalue weighted by Gasteiger charge is -2.30. The highest BCUT2D eigenvalue weighted by Gasteiger charge is 2.30. The highest BCUT2D eigenvalue weighted by atomic mass is 32.1. The summed E-state index contributed by atoms with van der Waals surface area (Å²) in [5.41, 5.74) is 0. The minimum absolute atomic E-state index is 0.197. The number of rotatable bonds is 4. The van der Waals surface area contributed by atoms with Crippen LogP contribution in [0.2, 0.25) is 0 Å². The Morgan fingerprint density at radius 3 is 2.79 bits per heavy atom. The maximum Gasteiger partial charge on any atom is 0.247 e. The van der Waals surface area contributed by atoms with E-state index in [1.165, 1.54) is 37.2 Å². The highest BCUT2D eigenvalue weighted by Crippen LogP contribution is 2.35. The zero-order chi connectivity index (χ0) is 16.5. The lowest BCUT2D eigenvalue weighted by atomic mass is 10.1. The predicted molar refractivity (Wildman–Crippen MR) is 90.4 cm³/mol. The summed E-state index contributed by atoms with van der Waals surface area (Å²) in [4.78, 5) is 7.01. The monoisotopic (exact) mass is 349 g/mol. The Labute approximate surface area is 145 Å². The van der Waals surface area contributed by atoms with Gasteiger partial charge >= 0.3 is 0 Å². The lowest BCUT2D eigenvalue weighted by molar-refractivity contribution is 0.0213. The first-order chi connectivity index (χ1) is 11.7. The number of ether oxygens (including phenoxy) is 1. The van der Waals surface area contributed by atoms with E-state index < -0.39 is 0 Å². The van der Waals surface area contributed by atoms with Crippen LogP contribution in [-0.2, 0) is 4.74 Å². The highest BCUT2D eigenvalue weighted by molar-refractivity contribution is 7.09. The molecule has 0 bridgehead atoms. The molecular formula is C16H23N5O2S. The van der Waals surface area contributed by atoms with Crippen molar-refractivity contribution in [2.24, 2.45) is 0 Å². The smallest absolute Gasteiger partial charge is 0.247 e. The SMILES string of the molecule is CC(C)c1nnc(C2CN(c3nc(C4CCCC4)ns3)CCO2)o1. The molecule has 0 aromatic carbocycles. The average Bonchev–Trinajstić information content (AvgIpc) is 3.34. The van der Waals surface area contributed by atoms with Gasteiger partial charge in [-0.05, 0) is 12.8 Å². The van der Waals surface area contributed by atoms with Gasteiger partial charge in [-0.1, -0.05) is 26.7 Å². The van der Waals surface area contributed by atoms with Crippen LogP contribution in [-0.4, -0.2) is 39.3 Å². The first-order valence-corrected chi connectivity index (χ1v) is 9.51. The molecule has 2 fully saturated rings. The molecule has 1 saturated carbocycles. The Hall–Kier alpha value is -1.54. The van der Waals surface area contributed by atoms with Crippen molar-refractivity contribution >= 4 is 16.7 Å². The van der Waals surface area contributed by atoms with Crippen molar-refractivity contribution in [3.05, 3.63) is 17.6 Å². The molecule has 1 saturated heterocycles. The molecule has 8 heteroatoms. The molecule has 0 N–H and O–H groups in total. The topological polar surface area (TPSA) is 77.2 Å². The van der Waals surface area contributed by atoms with E-state index in [0.29, 0.717) is 30.9 Å². The zero-order valence-electron chi connectivity index (χ0n) is 14.1. The third-order valence-electron chi connectivity index (χ3n) is 4.71. The molecule has 1 aliphatic heterocycles. The summed E-state index contributed by atoms with van der Waals surface area (Å²) in [6, 6.07) is 0. The number of nitrogens with zero attached hydrogens (tertiary/aromatic N) is 5. The van der Waals surface area contributed by atoms with E-state index in [1.807, 2.05) is 13.8 Å². The van der Waals surface area contributed by atoms with Gasteiger partial charge in [0.25, 0.3) is 0 Å². The summed E-state index contributed by atoms with van der Waals surface area (Å²) in [6.45, 7) is 6.20. The second kappa shape index (κ2) is 6.76. The molecule has 4 rings (SSSR count). The Balaban J connectivity index is 1.46. The molecule has 1 unspecified atom stereocenters. The second-order valence-corrected chi connectivity index (χ2v) is 7.59. The van der Waals surface area contributed by atoms with E-state index in [4.69, 9.17) is 14.1 Å². The molecule has 3 heterocycles. The zero-order valence-corrected chi connectivity index (χ0v) is 15.0. The van der Waals surface area contributed by atoms with Crippen LogP contribution < -0.4 is 4.90 Å². The normalized spacial score (nSPS) is 22.6. The Morgan fingerprint density at radius 1 is 1.21 bits per heavy atom. The van der Waals surface area contributed by atoms with Gasteiger partial charge in [0.05, 0.1) is 13.2 Å². The van der Waals surface area contributed by atoms with Gasteiger partial charge in [-0.25, -0.2) is 4.98 Å². The molecule has 2 aromatic heterocycles. The average molecular weight is 349 g/mol.